The highest BCUT2D eigenvalue weighted by atomic mass is 32.1. The highest BCUT2D eigenvalue weighted by Crippen LogP contribution is 2.33. The van der Waals surface area contributed by atoms with Gasteiger partial charge in [-0.25, -0.2) is 4.39 Å². The van der Waals surface area contributed by atoms with Crippen LogP contribution in [0.1, 0.15) is 28.8 Å². The summed E-state index contributed by atoms with van der Waals surface area (Å²) in [7, 11) is 0. The lowest BCUT2D eigenvalue weighted by Crippen LogP contribution is -2.23. The molecule has 0 amide bonds. The number of nitrogens with zero attached hydrogens (tertiary/aromatic N) is 1. The smallest absolute Gasteiger partial charge is 0.263 e. The number of thiophene rings is 1. The molecule has 1 aliphatic carbocycles. The molecule has 3 aromatic rings. The summed E-state index contributed by atoms with van der Waals surface area (Å²) in [5.41, 5.74) is 2.22. The molecule has 0 saturated carbocycles. The monoisotopic (exact) mass is 360 g/mol. The molecule has 0 unspecified atom stereocenters. The first-order valence-corrected chi connectivity index (χ1v) is 9.38. The second kappa shape index (κ2) is 6.26. The molecule has 2 aromatic heterocycles. The standard InChI is InChI=1S/C18H17FN2OS2/c19-12-7-5-11(6-8-12)9-10-21-17(22)15-13-3-1-2-4-14(13)24-16(15)20-18(21)23/h5-8H,1-4,9-10H2,(H,20,23). The Balaban J connectivity index is 1.74. The first-order valence-electron chi connectivity index (χ1n) is 8.15. The number of fused-ring (bicyclic) bond motifs is 3. The van der Waals surface area contributed by atoms with E-state index < -0.39 is 0 Å². The van der Waals surface area contributed by atoms with Crippen LogP contribution in [0, 0.1) is 10.6 Å². The molecule has 3 nitrogen and oxygen atoms in total. The number of rotatable bonds is 3. The first kappa shape index (κ1) is 15.7. The molecule has 124 valence electrons. The van der Waals surface area contributed by atoms with Crippen molar-refractivity contribution in [1.82, 2.24) is 9.55 Å². The van der Waals surface area contributed by atoms with Gasteiger partial charge in [0, 0.05) is 11.4 Å². The van der Waals surface area contributed by atoms with Crippen LogP contribution >= 0.6 is 23.6 Å². The maximum atomic E-state index is 13.0. The minimum absolute atomic E-state index is 0.00950. The molecule has 6 heteroatoms. The highest BCUT2D eigenvalue weighted by Gasteiger charge is 2.20. The summed E-state index contributed by atoms with van der Waals surface area (Å²) in [5, 5.41) is 0.822. The van der Waals surface area contributed by atoms with Crippen LogP contribution in [0.3, 0.4) is 0 Å². The number of nitrogens with one attached hydrogen (secondary N) is 1. The molecule has 0 fully saturated rings. The van der Waals surface area contributed by atoms with E-state index in [1.165, 1.54) is 29.0 Å². The van der Waals surface area contributed by atoms with Gasteiger partial charge in [0.1, 0.15) is 10.6 Å². The van der Waals surface area contributed by atoms with Crippen molar-refractivity contribution in [2.75, 3.05) is 0 Å². The Morgan fingerprint density at radius 2 is 1.96 bits per heavy atom. The molecule has 24 heavy (non-hydrogen) atoms. The second-order valence-corrected chi connectivity index (χ2v) is 7.67. The Labute approximate surface area is 147 Å². The molecule has 0 atom stereocenters. The van der Waals surface area contributed by atoms with Gasteiger partial charge < -0.3 is 4.98 Å². The van der Waals surface area contributed by atoms with Crippen molar-refractivity contribution >= 4 is 33.8 Å². The van der Waals surface area contributed by atoms with Crippen LogP contribution in [-0.2, 0) is 25.8 Å². The van der Waals surface area contributed by atoms with Crippen LogP contribution in [0.25, 0.3) is 10.2 Å². The number of halogens is 1. The summed E-state index contributed by atoms with van der Waals surface area (Å²) in [6.45, 7) is 0.500. The summed E-state index contributed by atoms with van der Waals surface area (Å²) in [6, 6.07) is 6.38. The van der Waals surface area contributed by atoms with Gasteiger partial charge in [-0.2, -0.15) is 0 Å². The van der Waals surface area contributed by atoms with E-state index in [1.54, 1.807) is 28.0 Å². The normalized spacial score (nSPS) is 14.0. The van der Waals surface area contributed by atoms with E-state index in [9.17, 15) is 9.18 Å². The zero-order valence-corrected chi connectivity index (χ0v) is 14.7. The Hall–Kier alpha value is -1.79. The van der Waals surface area contributed by atoms with Crippen molar-refractivity contribution in [2.24, 2.45) is 0 Å². The Kier molecular flexibility index (Phi) is 4.10. The third kappa shape index (κ3) is 2.74. The molecule has 0 aliphatic heterocycles. The lowest BCUT2D eigenvalue weighted by molar-refractivity contribution is 0.623. The van der Waals surface area contributed by atoms with Crippen LogP contribution < -0.4 is 5.56 Å². The zero-order valence-electron chi connectivity index (χ0n) is 13.1. The molecule has 1 aromatic carbocycles. The van der Waals surface area contributed by atoms with Crippen molar-refractivity contribution in [3.8, 4) is 0 Å². The number of H-pyrrole nitrogens is 1. The van der Waals surface area contributed by atoms with E-state index in [-0.39, 0.29) is 11.4 Å². The molecule has 1 N–H and O–H groups in total. The van der Waals surface area contributed by atoms with Crippen LogP contribution in [0.2, 0.25) is 0 Å². The van der Waals surface area contributed by atoms with Gasteiger partial charge in [0.05, 0.1) is 5.39 Å². The average Bonchev–Trinajstić information content (AvgIpc) is 2.94. The fourth-order valence-corrected chi connectivity index (χ4v) is 4.99. The predicted molar refractivity (Wildman–Crippen MR) is 98.0 cm³/mol. The number of aromatic amines is 1. The summed E-state index contributed by atoms with van der Waals surface area (Å²) in [5.74, 6) is -0.250. The Morgan fingerprint density at radius 1 is 1.21 bits per heavy atom. The van der Waals surface area contributed by atoms with Crippen molar-refractivity contribution in [1.29, 1.82) is 0 Å². The summed E-state index contributed by atoms with van der Waals surface area (Å²) in [6.07, 6.45) is 5.02. The fraction of sp³-hybridized carbons (Fsp3) is 0.333. The molecule has 0 saturated heterocycles. The van der Waals surface area contributed by atoms with Crippen LogP contribution in [0.15, 0.2) is 29.1 Å². The van der Waals surface area contributed by atoms with E-state index in [0.717, 1.165) is 35.0 Å². The third-order valence-electron chi connectivity index (χ3n) is 4.63. The van der Waals surface area contributed by atoms with Crippen LogP contribution in [0.5, 0.6) is 0 Å². The summed E-state index contributed by atoms with van der Waals surface area (Å²) in [4.78, 5) is 18.5. The van der Waals surface area contributed by atoms with E-state index in [4.69, 9.17) is 12.2 Å². The van der Waals surface area contributed by atoms with Gasteiger partial charge in [-0.3, -0.25) is 9.36 Å². The van der Waals surface area contributed by atoms with Crippen LogP contribution in [0.4, 0.5) is 4.39 Å². The van der Waals surface area contributed by atoms with E-state index in [2.05, 4.69) is 4.98 Å². The quantitative estimate of drug-likeness (QED) is 0.704. The van der Waals surface area contributed by atoms with Crippen molar-refractivity contribution in [2.45, 2.75) is 38.6 Å². The van der Waals surface area contributed by atoms with Gasteiger partial charge in [0.2, 0.25) is 0 Å². The SMILES string of the molecule is O=c1c2c3c(sc2[nH]c(=S)n1CCc1ccc(F)cc1)CCCC3. The minimum Gasteiger partial charge on any atom is -0.323 e. The maximum Gasteiger partial charge on any atom is 0.263 e. The van der Waals surface area contributed by atoms with Crippen molar-refractivity contribution in [3.05, 3.63) is 61.2 Å². The average molecular weight is 360 g/mol. The molecule has 0 bridgehead atoms. The third-order valence-corrected chi connectivity index (χ3v) is 6.16. The zero-order chi connectivity index (χ0) is 16.7. The van der Waals surface area contributed by atoms with Gasteiger partial charge in [-0.1, -0.05) is 12.1 Å². The van der Waals surface area contributed by atoms with Crippen molar-refractivity contribution in [3.63, 3.8) is 0 Å². The fourth-order valence-electron chi connectivity index (χ4n) is 3.37. The molecule has 0 spiro atoms. The highest BCUT2D eigenvalue weighted by molar-refractivity contribution is 7.71. The van der Waals surface area contributed by atoms with Gasteiger partial charge in [-0.15, -0.1) is 11.3 Å². The number of aromatic nitrogens is 2. The molecule has 0 radical (unpaired) electrons. The largest absolute Gasteiger partial charge is 0.323 e. The Morgan fingerprint density at radius 3 is 2.75 bits per heavy atom. The van der Waals surface area contributed by atoms with E-state index >= 15 is 0 Å². The maximum absolute atomic E-state index is 13.0. The van der Waals surface area contributed by atoms with Gasteiger partial charge in [0.25, 0.3) is 5.56 Å². The molecular formula is C18H17FN2OS2. The number of hydrogen-bond acceptors (Lipinski definition) is 3. The van der Waals surface area contributed by atoms with Gasteiger partial charge in [0.15, 0.2) is 4.77 Å². The first-order chi connectivity index (χ1) is 11.6. The summed E-state index contributed by atoms with van der Waals surface area (Å²) >= 11 is 7.07. The minimum atomic E-state index is -0.250. The van der Waals surface area contributed by atoms with Crippen molar-refractivity contribution < 1.29 is 4.39 Å². The molecule has 4 rings (SSSR count). The second-order valence-electron chi connectivity index (χ2n) is 6.18. The van der Waals surface area contributed by atoms with E-state index in [0.29, 0.717) is 17.7 Å². The predicted octanol–water partition coefficient (Wildman–Crippen LogP) is 4.38. The lowest BCUT2D eigenvalue weighted by atomic mass is 9.97. The number of hydrogen-bond donors (Lipinski definition) is 1. The number of benzene rings is 1. The molecule has 1 aliphatic rings. The van der Waals surface area contributed by atoms with E-state index in [1.807, 2.05) is 0 Å². The molecule has 2 heterocycles. The Bertz CT molecular complexity index is 1010. The van der Waals surface area contributed by atoms with Crippen LogP contribution in [-0.4, -0.2) is 9.55 Å². The summed E-state index contributed by atoms with van der Waals surface area (Å²) < 4.78 is 15.1. The van der Waals surface area contributed by atoms with Gasteiger partial charge in [-0.05, 0) is 67.6 Å². The molecular weight excluding hydrogens is 343 g/mol. The lowest BCUT2D eigenvalue weighted by Gasteiger charge is -2.11. The number of aryl methyl sites for hydroxylation is 3. The topological polar surface area (TPSA) is 37.8 Å². The van der Waals surface area contributed by atoms with Gasteiger partial charge >= 0.3 is 0 Å².